The molecular weight excluding hydrogens is 330 g/mol. The smallest absolute Gasteiger partial charge is 0.170 e. The molecule has 2 N–H and O–H groups in total. The van der Waals surface area contributed by atoms with Crippen LogP contribution in [0, 0.1) is 6.92 Å². The summed E-state index contributed by atoms with van der Waals surface area (Å²) < 4.78 is 5.44. The number of nitrogens with one attached hydrogen (secondary N) is 2. The van der Waals surface area contributed by atoms with E-state index in [9.17, 15) is 0 Å². The Bertz CT molecular complexity index is 656. The molecule has 2 aromatic rings. The van der Waals surface area contributed by atoms with Crippen molar-refractivity contribution in [3.63, 3.8) is 0 Å². The van der Waals surface area contributed by atoms with Crippen molar-refractivity contribution in [1.29, 1.82) is 0 Å². The first kappa shape index (κ1) is 19.1. The van der Waals surface area contributed by atoms with Gasteiger partial charge in [-0.25, -0.2) is 0 Å². The molecule has 0 amide bonds. The Morgan fingerprint density at radius 3 is 2.32 bits per heavy atom. The van der Waals surface area contributed by atoms with Gasteiger partial charge >= 0.3 is 0 Å². The Kier molecular flexibility index (Phi) is 7.54. The maximum atomic E-state index is 5.44. The molecule has 0 heterocycles. The highest BCUT2D eigenvalue weighted by Gasteiger charge is 2.04. The first-order valence-electron chi connectivity index (χ1n) is 8.71. The molecule has 2 aromatic carbocycles. The molecule has 2 rings (SSSR count). The molecule has 0 aliphatic carbocycles. The van der Waals surface area contributed by atoms with Gasteiger partial charge in [0, 0.05) is 31.0 Å². The molecular formula is C20H27N3OS. The van der Waals surface area contributed by atoms with Crippen LogP contribution in [0.15, 0.2) is 48.5 Å². The molecule has 134 valence electrons. The second kappa shape index (κ2) is 9.89. The highest BCUT2D eigenvalue weighted by molar-refractivity contribution is 7.80. The number of thiocarbonyl (C=S) groups is 1. The lowest BCUT2D eigenvalue weighted by Crippen LogP contribution is -2.36. The van der Waals surface area contributed by atoms with Gasteiger partial charge in [0.1, 0.15) is 5.75 Å². The fourth-order valence-corrected chi connectivity index (χ4v) is 2.73. The molecule has 0 saturated carbocycles. The topological polar surface area (TPSA) is 36.5 Å². The standard InChI is InChI=1S/C20H27N3OS/c1-4-23(18-10-6-16(3)7-11-18)15-14-21-20(25)22-17-8-12-19(13-9-17)24-5-2/h6-13H,4-5,14-15H2,1-3H3,(H2,21,22,25). The predicted octanol–water partition coefficient (Wildman–Crippen LogP) is 4.21. The van der Waals surface area contributed by atoms with Crippen molar-refractivity contribution in [3.05, 3.63) is 54.1 Å². The first-order valence-corrected chi connectivity index (χ1v) is 9.12. The molecule has 5 heteroatoms. The Hall–Kier alpha value is -2.27. The molecule has 0 fully saturated rings. The van der Waals surface area contributed by atoms with Crippen LogP contribution in [0.2, 0.25) is 0 Å². The Balaban J connectivity index is 1.77. The summed E-state index contributed by atoms with van der Waals surface area (Å²) in [6.45, 7) is 9.55. The van der Waals surface area contributed by atoms with Gasteiger partial charge in [0.2, 0.25) is 0 Å². The van der Waals surface area contributed by atoms with E-state index in [0.29, 0.717) is 11.7 Å². The van der Waals surface area contributed by atoms with E-state index in [1.54, 1.807) is 0 Å². The lowest BCUT2D eigenvalue weighted by molar-refractivity contribution is 0.340. The van der Waals surface area contributed by atoms with Gasteiger partial charge < -0.3 is 20.3 Å². The third-order valence-electron chi connectivity index (χ3n) is 3.87. The second-order valence-corrected chi connectivity index (χ2v) is 6.16. The van der Waals surface area contributed by atoms with Crippen LogP contribution in [-0.4, -0.2) is 31.4 Å². The van der Waals surface area contributed by atoms with E-state index in [0.717, 1.165) is 31.1 Å². The molecule has 0 atom stereocenters. The van der Waals surface area contributed by atoms with Crippen LogP contribution in [0.3, 0.4) is 0 Å². The second-order valence-electron chi connectivity index (χ2n) is 5.75. The van der Waals surface area contributed by atoms with E-state index >= 15 is 0 Å². The molecule has 0 unspecified atom stereocenters. The van der Waals surface area contributed by atoms with Crippen LogP contribution in [0.5, 0.6) is 5.75 Å². The zero-order valence-electron chi connectivity index (χ0n) is 15.2. The number of nitrogens with zero attached hydrogens (tertiary/aromatic N) is 1. The van der Waals surface area contributed by atoms with Crippen molar-refractivity contribution in [2.24, 2.45) is 0 Å². The summed E-state index contributed by atoms with van der Waals surface area (Å²) >= 11 is 5.37. The number of rotatable bonds is 8. The highest BCUT2D eigenvalue weighted by atomic mass is 32.1. The summed E-state index contributed by atoms with van der Waals surface area (Å²) in [5.74, 6) is 0.864. The monoisotopic (exact) mass is 357 g/mol. The molecule has 4 nitrogen and oxygen atoms in total. The number of hydrogen-bond acceptors (Lipinski definition) is 3. The number of anilines is 2. The Labute approximate surface area is 156 Å². The number of benzene rings is 2. The van der Waals surface area contributed by atoms with E-state index < -0.39 is 0 Å². The molecule has 25 heavy (non-hydrogen) atoms. The van der Waals surface area contributed by atoms with Crippen molar-refractivity contribution >= 4 is 28.7 Å². The summed E-state index contributed by atoms with van der Waals surface area (Å²) in [5, 5.41) is 7.09. The van der Waals surface area contributed by atoms with E-state index in [2.05, 4.69) is 53.6 Å². The number of ether oxygens (including phenoxy) is 1. The summed E-state index contributed by atoms with van der Waals surface area (Å²) in [4.78, 5) is 2.33. The van der Waals surface area contributed by atoms with Gasteiger partial charge in [-0.05, 0) is 69.4 Å². The fourth-order valence-electron chi connectivity index (χ4n) is 2.51. The molecule has 0 aliphatic rings. The van der Waals surface area contributed by atoms with Gasteiger partial charge in [0.05, 0.1) is 6.61 Å². The minimum atomic E-state index is 0.629. The molecule has 0 spiro atoms. The fraction of sp³-hybridized carbons (Fsp3) is 0.350. The summed E-state index contributed by atoms with van der Waals surface area (Å²) in [5.41, 5.74) is 3.46. The zero-order chi connectivity index (χ0) is 18.1. The maximum absolute atomic E-state index is 5.44. The highest BCUT2D eigenvalue weighted by Crippen LogP contribution is 2.16. The van der Waals surface area contributed by atoms with Crippen molar-refractivity contribution in [2.45, 2.75) is 20.8 Å². The van der Waals surface area contributed by atoms with Gasteiger partial charge in [-0.15, -0.1) is 0 Å². The van der Waals surface area contributed by atoms with Gasteiger partial charge in [-0.3, -0.25) is 0 Å². The number of likely N-dealkylation sites (N-methyl/N-ethyl adjacent to an activating group) is 1. The van der Waals surface area contributed by atoms with Gasteiger partial charge in [-0.1, -0.05) is 17.7 Å². The third kappa shape index (κ3) is 6.27. The lowest BCUT2D eigenvalue weighted by Gasteiger charge is -2.24. The van der Waals surface area contributed by atoms with Crippen LogP contribution in [-0.2, 0) is 0 Å². The summed E-state index contributed by atoms with van der Waals surface area (Å²) in [7, 11) is 0. The molecule has 0 aromatic heterocycles. The van der Waals surface area contributed by atoms with Crippen LogP contribution < -0.4 is 20.3 Å². The molecule has 0 saturated heterocycles. The van der Waals surface area contributed by atoms with Crippen molar-refractivity contribution in [2.75, 3.05) is 36.5 Å². The van der Waals surface area contributed by atoms with Crippen molar-refractivity contribution in [3.8, 4) is 5.75 Å². The van der Waals surface area contributed by atoms with Crippen LogP contribution >= 0.6 is 12.2 Å². The van der Waals surface area contributed by atoms with E-state index in [4.69, 9.17) is 17.0 Å². The average Bonchev–Trinajstić information content (AvgIpc) is 2.62. The lowest BCUT2D eigenvalue weighted by atomic mass is 10.2. The third-order valence-corrected chi connectivity index (χ3v) is 4.12. The largest absolute Gasteiger partial charge is 0.494 e. The van der Waals surface area contributed by atoms with Gasteiger partial charge in [-0.2, -0.15) is 0 Å². The van der Waals surface area contributed by atoms with Crippen LogP contribution in [0.4, 0.5) is 11.4 Å². The van der Waals surface area contributed by atoms with Crippen molar-refractivity contribution < 1.29 is 4.74 Å². The minimum absolute atomic E-state index is 0.629. The van der Waals surface area contributed by atoms with Crippen LogP contribution in [0.25, 0.3) is 0 Å². The Morgan fingerprint density at radius 1 is 1.04 bits per heavy atom. The molecule has 0 aliphatic heterocycles. The van der Waals surface area contributed by atoms with Crippen molar-refractivity contribution in [1.82, 2.24) is 5.32 Å². The number of aryl methyl sites for hydroxylation is 1. The quantitative estimate of drug-likeness (QED) is 0.692. The molecule has 0 radical (unpaired) electrons. The summed E-state index contributed by atoms with van der Waals surface area (Å²) in [6, 6.07) is 16.4. The maximum Gasteiger partial charge on any atom is 0.170 e. The Morgan fingerprint density at radius 2 is 1.72 bits per heavy atom. The average molecular weight is 358 g/mol. The van der Waals surface area contributed by atoms with Gasteiger partial charge in [0.25, 0.3) is 0 Å². The van der Waals surface area contributed by atoms with E-state index in [1.807, 2.05) is 31.2 Å². The predicted molar refractivity (Wildman–Crippen MR) is 111 cm³/mol. The van der Waals surface area contributed by atoms with Crippen LogP contribution in [0.1, 0.15) is 19.4 Å². The first-order chi connectivity index (χ1) is 12.1. The minimum Gasteiger partial charge on any atom is -0.494 e. The zero-order valence-corrected chi connectivity index (χ0v) is 16.0. The normalized spacial score (nSPS) is 10.2. The number of hydrogen-bond donors (Lipinski definition) is 2. The van der Waals surface area contributed by atoms with Gasteiger partial charge in [0.15, 0.2) is 5.11 Å². The molecule has 0 bridgehead atoms. The van der Waals surface area contributed by atoms with E-state index in [1.165, 1.54) is 11.3 Å². The van der Waals surface area contributed by atoms with E-state index in [-0.39, 0.29) is 0 Å². The SMILES string of the molecule is CCOc1ccc(NC(=S)NCCN(CC)c2ccc(C)cc2)cc1. The summed E-state index contributed by atoms with van der Waals surface area (Å²) in [6.07, 6.45) is 0.